The summed E-state index contributed by atoms with van der Waals surface area (Å²) in [6.07, 6.45) is -4.50. The first kappa shape index (κ1) is 17.9. The summed E-state index contributed by atoms with van der Waals surface area (Å²) in [6.45, 7) is 5.34. The van der Waals surface area contributed by atoms with E-state index in [0.29, 0.717) is 0 Å². The lowest BCUT2D eigenvalue weighted by Gasteiger charge is -2.33. The summed E-state index contributed by atoms with van der Waals surface area (Å²) in [4.78, 5) is -0.226. The molecule has 0 saturated heterocycles. The summed E-state index contributed by atoms with van der Waals surface area (Å²) in [5.41, 5.74) is 3.83. The van der Waals surface area contributed by atoms with Crippen molar-refractivity contribution in [2.75, 3.05) is 6.54 Å². The minimum atomic E-state index is -4.50. The molecule has 1 atom stereocenters. The minimum absolute atomic E-state index is 0.0739. The Bertz CT molecular complexity index is 582. The molecule has 1 rings (SSSR count). The van der Waals surface area contributed by atoms with Crippen LogP contribution in [-0.4, -0.2) is 20.5 Å². The molecular weight excluding hydrogens is 305 g/mol. The second kappa shape index (κ2) is 5.94. The molecule has 0 spiro atoms. The van der Waals surface area contributed by atoms with Crippen molar-refractivity contribution in [3.8, 4) is 0 Å². The number of hydrogen-bond donors (Lipinski definition) is 2. The molecule has 1 aromatic rings. The number of sulfonamides is 1. The first-order valence-electron chi connectivity index (χ1n) is 6.34. The average molecular weight is 324 g/mol. The van der Waals surface area contributed by atoms with Crippen LogP contribution < -0.4 is 10.5 Å². The third-order valence-electron chi connectivity index (χ3n) is 3.56. The van der Waals surface area contributed by atoms with Gasteiger partial charge in [0, 0.05) is 12.1 Å². The molecule has 0 saturated carbocycles. The van der Waals surface area contributed by atoms with Gasteiger partial charge in [-0.15, -0.1) is 0 Å². The van der Waals surface area contributed by atoms with Crippen molar-refractivity contribution in [2.24, 2.45) is 11.7 Å². The third kappa shape index (κ3) is 4.18. The van der Waals surface area contributed by atoms with Gasteiger partial charge in [0.15, 0.2) is 0 Å². The van der Waals surface area contributed by atoms with Gasteiger partial charge in [-0.25, -0.2) is 13.1 Å². The van der Waals surface area contributed by atoms with Crippen molar-refractivity contribution >= 4 is 10.0 Å². The topological polar surface area (TPSA) is 72.2 Å². The van der Waals surface area contributed by atoms with Crippen LogP contribution in [0.2, 0.25) is 0 Å². The van der Waals surface area contributed by atoms with E-state index in [9.17, 15) is 21.6 Å². The van der Waals surface area contributed by atoms with Gasteiger partial charge >= 0.3 is 6.18 Å². The van der Waals surface area contributed by atoms with Gasteiger partial charge in [0.25, 0.3) is 0 Å². The molecule has 0 fully saturated rings. The summed E-state index contributed by atoms with van der Waals surface area (Å²) in [5.74, 6) is -0.0771. The van der Waals surface area contributed by atoms with Gasteiger partial charge < -0.3 is 5.73 Å². The lowest BCUT2D eigenvalue weighted by Crippen LogP contribution is -2.54. The molecule has 120 valence electrons. The lowest BCUT2D eigenvalue weighted by molar-refractivity contribution is -0.137. The fourth-order valence-corrected chi connectivity index (χ4v) is 3.13. The van der Waals surface area contributed by atoms with E-state index in [-0.39, 0.29) is 17.4 Å². The minimum Gasteiger partial charge on any atom is -0.329 e. The number of benzene rings is 1. The van der Waals surface area contributed by atoms with Crippen LogP contribution in [0.1, 0.15) is 26.3 Å². The summed E-state index contributed by atoms with van der Waals surface area (Å²) < 4.78 is 64.3. The van der Waals surface area contributed by atoms with E-state index < -0.39 is 27.3 Å². The summed E-state index contributed by atoms with van der Waals surface area (Å²) in [7, 11) is -3.93. The van der Waals surface area contributed by atoms with Gasteiger partial charge in [0.05, 0.1) is 10.5 Å². The van der Waals surface area contributed by atoms with Crippen molar-refractivity contribution in [1.29, 1.82) is 0 Å². The molecule has 0 heterocycles. The van der Waals surface area contributed by atoms with Crippen LogP contribution in [-0.2, 0) is 16.2 Å². The SMILES string of the molecule is CC(C)C(C)(CN)NS(=O)(=O)c1ccc(C(F)(F)F)cc1. The number of rotatable bonds is 5. The Morgan fingerprint density at radius 2 is 1.67 bits per heavy atom. The van der Waals surface area contributed by atoms with E-state index in [0.717, 1.165) is 24.3 Å². The van der Waals surface area contributed by atoms with Crippen LogP contribution >= 0.6 is 0 Å². The smallest absolute Gasteiger partial charge is 0.329 e. The molecule has 4 nitrogen and oxygen atoms in total. The van der Waals surface area contributed by atoms with Crippen LogP contribution in [0.3, 0.4) is 0 Å². The van der Waals surface area contributed by atoms with E-state index in [2.05, 4.69) is 4.72 Å². The zero-order valence-electron chi connectivity index (χ0n) is 12.0. The van der Waals surface area contributed by atoms with Crippen LogP contribution in [0.5, 0.6) is 0 Å². The van der Waals surface area contributed by atoms with E-state index in [1.54, 1.807) is 6.92 Å². The van der Waals surface area contributed by atoms with E-state index in [4.69, 9.17) is 5.73 Å². The van der Waals surface area contributed by atoms with Gasteiger partial charge in [-0.1, -0.05) is 13.8 Å². The second-order valence-corrected chi connectivity index (χ2v) is 7.09. The highest BCUT2D eigenvalue weighted by molar-refractivity contribution is 7.89. The van der Waals surface area contributed by atoms with Gasteiger partial charge in [0.1, 0.15) is 0 Å². The lowest BCUT2D eigenvalue weighted by atomic mass is 9.90. The van der Waals surface area contributed by atoms with Crippen molar-refractivity contribution in [3.63, 3.8) is 0 Å². The summed E-state index contributed by atoms with van der Waals surface area (Å²) in [6, 6.07) is 3.35. The maximum Gasteiger partial charge on any atom is 0.416 e. The number of halogens is 3. The van der Waals surface area contributed by atoms with Crippen molar-refractivity contribution < 1.29 is 21.6 Å². The molecule has 0 aliphatic carbocycles. The fraction of sp³-hybridized carbons (Fsp3) is 0.538. The van der Waals surface area contributed by atoms with Crippen molar-refractivity contribution in [2.45, 2.75) is 37.4 Å². The fourth-order valence-electron chi connectivity index (χ4n) is 1.58. The summed E-state index contributed by atoms with van der Waals surface area (Å²) in [5, 5.41) is 0. The zero-order chi connectivity index (χ0) is 16.5. The highest BCUT2D eigenvalue weighted by atomic mass is 32.2. The summed E-state index contributed by atoms with van der Waals surface area (Å²) >= 11 is 0. The number of nitrogens with two attached hydrogens (primary N) is 1. The van der Waals surface area contributed by atoms with E-state index >= 15 is 0 Å². The largest absolute Gasteiger partial charge is 0.416 e. The molecule has 0 aromatic heterocycles. The third-order valence-corrected chi connectivity index (χ3v) is 5.19. The standard InChI is InChI=1S/C13H19F3N2O2S/c1-9(2)12(3,8-17)18-21(19,20)11-6-4-10(5-7-11)13(14,15)16/h4-7,9,18H,8,17H2,1-3H3. The molecule has 3 N–H and O–H groups in total. The van der Waals surface area contributed by atoms with Crippen LogP contribution in [0.25, 0.3) is 0 Å². The Hall–Kier alpha value is -1.12. The average Bonchev–Trinajstić information content (AvgIpc) is 2.37. The van der Waals surface area contributed by atoms with Gasteiger partial charge in [0.2, 0.25) is 10.0 Å². The van der Waals surface area contributed by atoms with E-state index in [1.165, 1.54) is 0 Å². The van der Waals surface area contributed by atoms with Crippen LogP contribution in [0.15, 0.2) is 29.2 Å². The molecule has 1 unspecified atom stereocenters. The number of alkyl halides is 3. The maximum atomic E-state index is 12.5. The van der Waals surface area contributed by atoms with Gasteiger partial charge in [-0.2, -0.15) is 13.2 Å². The Morgan fingerprint density at radius 3 is 2.00 bits per heavy atom. The second-order valence-electron chi connectivity index (χ2n) is 5.40. The highest BCUT2D eigenvalue weighted by Gasteiger charge is 2.34. The molecule has 21 heavy (non-hydrogen) atoms. The molecule has 1 aromatic carbocycles. The molecule has 0 aliphatic rings. The first-order valence-corrected chi connectivity index (χ1v) is 7.82. The Labute approximate surface area is 122 Å². The molecule has 0 amide bonds. The predicted octanol–water partition coefficient (Wildman–Crippen LogP) is 2.36. The zero-order valence-corrected chi connectivity index (χ0v) is 12.8. The molecule has 0 aliphatic heterocycles. The Morgan fingerprint density at radius 1 is 1.19 bits per heavy atom. The predicted molar refractivity (Wildman–Crippen MR) is 74.1 cm³/mol. The Kier molecular flexibility index (Phi) is 5.07. The van der Waals surface area contributed by atoms with Crippen LogP contribution in [0.4, 0.5) is 13.2 Å². The van der Waals surface area contributed by atoms with Crippen molar-refractivity contribution in [1.82, 2.24) is 4.72 Å². The van der Waals surface area contributed by atoms with E-state index in [1.807, 2.05) is 13.8 Å². The molecule has 0 radical (unpaired) electrons. The number of nitrogens with one attached hydrogen (secondary N) is 1. The first-order chi connectivity index (χ1) is 9.42. The monoisotopic (exact) mass is 324 g/mol. The maximum absolute atomic E-state index is 12.5. The quantitative estimate of drug-likeness (QED) is 0.873. The number of hydrogen-bond acceptors (Lipinski definition) is 3. The van der Waals surface area contributed by atoms with Crippen LogP contribution in [0, 0.1) is 5.92 Å². The van der Waals surface area contributed by atoms with Gasteiger partial charge in [-0.3, -0.25) is 0 Å². The molecule has 8 heteroatoms. The highest BCUT2D eigenvalue weighted by Crippen LogP contribution is 2.30. The Balaban J connectivity index is 3.09. The molecule has 0 bridgehead atoms. The van der Waals surface area contributed by atoms with Crippen molar-refractivity contribution in [3.05, 3.63) is 29.8 Å². The van der Waals surface area contributed by atoms with Gasteiger partial charge in [-0.05, 0) is 37.1 Å². The normalized spacial score (nSPS) is 16.0. The molecular formula is C13H19F3N2O2S.